The van der Waals surface area contributed by atoms with E-state index in [0.717, 1.165) is 11.1 Å². The van der Waals surface area contributed by atoms with Crippen molar-refractivity contribution in [2.45, 2.75) is 18.5 Å². The first kappa shape index (κ1) is 21.6. The molecule has 1 aromatic heterocycles. The van der Waals surface area contributed by atoms with Gasteiger partial charge in [0.05, 0.1) is 18.7 Å². The maximum absolute atomic E-state index is 12.8. The van der Waals surface area contributed by atoms with E-state index in [1.165, 1.54) is 11.6 Å². The number of hydrogen-bond donors (Lipinski definition) is 2. The fourth-order valence-electron chi connectivity index (χ4n) is 3.98. The number of hydrogen-bond acceptors (Lipinski definition) is 6. The van der Waals surface area contributed by atoms with E-state index in [2.05, 4.69) is 10.3 Å². The average molecular weight is 434 g/mol. The van der Waals surface area contributed by atoms with Gasteiger partial charge in [0, 0.05) is 20.7 Å². The Morgan fingerprint density at radius 2 is 1.75 bits per heavy atom. The number of rotatable bonds is 6. The van der Waals surface area contributed by atoms with Gasteiger partial charge in [-0.25, -0.2) is 4.98 Å². The smallest absolute Gasteiger partial charge is 0.297 e. The van der Waals surface area contributed by atoms with Crippen LogP contribution in [0.5, 0.6) is 5.75 Å². The van der Waals surface area contributed by atoms with Crippen LogP contribution in [0.3, 0.4) is 0 Å². The van der Waals surface area contributed by atoms with E-state index in [9.17, 15) is 14.7 Å². The zero-order chi connectivity index (χ0) is 22.7. The maximum Gasteiger partial charge on any atom is 0.297 e. The fraction of sp³-hybridized carbons (Fsp3) is 0.292. The molecule has 2 N–H and O–H groups in total. The van der Waals surface area contributed by atoms with Crippen LogP contribution in [0.1, 0.15) is 34.1 Å². The molecule has 2 heterocycles. The van der Waals surface area contributed by atoms with Crippen molar-refractivity contribution < 1.29 is 14.6 Å². The summed E-state index contributed by atoms with van der Waals surface area (Å²) < 4.78 is 6.54. The molecular weight excluding hydrogens is 408 g/mol. The Morgan fingerprint density at radius 3 is 2.28 bits per heavy atom. The quantitative estimate of drug-likeness (QED) is 0.618. The molecule has 0 unspecified atom stereocenters. The summed E-state index contributed by atoms with van der Waals surface area (Å²) in [7, 11) is 3.34. The number of nitrogens with zero attached hydrogens (tertiary/aromatic N) is 3. The Morgan fingerprint density at radius 1 is 1.16 bits per heavy atom. The molecule has 3 aromatic rings. The van der Waals surface area contributed by atoms with E-state index in [-0.39, 0.29) is 23.7 Å². The zero-order valence-corrected chi connectivity index (χ0v) is 18.1. The van der Waals surface area contributed by atoms with Crippen molar-refractivity contribution >= 4 is 11.9 Å². The number of carbonyl (C=O) groups excluding carboxylic acids is 1. The van der Waals surface area contributed by atoms with Gasteiger partial charge in [-0.05, 0) is 17.5 Å². The molecule has 0 bridgehead atoms. The average Bonchev–Trinajstić information content (AvgIpc) is 3.32. The van der Waals surface area contributed by atoms with Gasteiger partial charge in [0.25, 0.3) is 11.5 Å². The Balaban J connectivity index is 1.77. The summed E-state index contributed by atoms with van der Waals surface area (Å²) in [5, 5.41) is 13.2. The van der Waals surface area contributed by atoms with E-state index in [1.807, 2.05) is 72.6 Å². The Hall–Kier alpha value is -3.65. The van der Waals surface area contributed by atoms with E-state index >= 15 is 0 Å². The van der Waals surface area contributed by atoms with Crippen LogP contribution in [0.2, 0.25) is 0 Å². The van der Waals surface area contributed by atoms with Gasteiger partial charge in [0.2, 0.25) is 11.7 Å². The van der Waals surface area contributed by atoms with Crippen LogP contribution in [0, 0.1) is 0 Å². The number of amides is 1. The molecule has 0 radical (unpaired) electrons. The molecular formula is C24H26N4O4. The van der Waals surface area contributed by atoms with Gasteiger partial charge in [-0.3, -0.25) is 14.2 Å². The fourth-order valence-corrected chi connectivity index (χ4v) is 3.98. The van der Waals surface area contributed by atoms with E-state index in [1.54, 1.807) is 0 Å². The molecule has 8 heteroatoms. The highest BCUT2D eigenvalue weighted by Crippen LogP contribution is 2.31. The van der Waals surface area contributed by atoms with Gasteiger partial charge in [-0.1, -0.05) is 60.7 Å². The highest BCUT2D eigenvalue weighted by atomic mass is 16.5. The molecule has 1 fully saturated rings. The molecule has 2 aromatic carbocycles. The molecule has 0 saturated carbocycles. The lowest BCUT2D eigenvalue weighted by Crippen LogP contribution is -2.38. The molecule has 0 aliphatic carbocycles. The van der Waals surface area contributed by atoms with Gasteiger partial charge in [0.15, 0.2) is 5.69 Å². The molecule has 1 aliphatic heterocycles. The van der Waals surface area contributed by atoms with E-state index in [0.29, 0.717) is 19.6 Å². The SMILES string of the molecule is CN(c1nc(C(=O)N[C@@H]2CCOC2)c(O)c(=O)n1C)C(c1ccccc1)c1ccccc1. The van der Waals surface area contributed by atoms with Gasteiger partial charge >= 0.3 is 0 Å². The molecule has 1 aliphatic rings. The summed E-state index contributed by atoms with van der Waals surface area (Å²) in [5.74, 6) is -1.00. The monoisotopic (exact) mass is 434 g/mol. The summed E-state index contributed by atoms with van der Waals surface area (Å²) in [6, 6.07) is 19.2. The number of aromatic nitrogens is 2. The molecule has 4 rings (SSSR count). The van der Waals surface area contributed by atoms with E-state index in [4.69, 9.17) is 4.74 Å². The minimum Gasteiger partial charge on any atom is -0.501 e. The molecule has 0 spiro atoms. The molecule has 1 saturated heterocycles. The summed E-state index contributed by atoms with van der Waals surface area (Å²) >= 11 is 0. The topological polar surface area (TPSA) is 96.7 Å². The standard InChI is InChI=1S/C24H26N4O4/c1-27(20(16-9-5-3-6-10-16)17-11-7-4-8-12-17)24-26-19(21(29)23(31)28(24)2)22(30)25-18-13-14-32-15-18/h3-12,18,20,29H,13-15H2,1-2H3,(H,25,30)/t18-/m1/s1. The Bertz CT molecular complexity index is 1100. The second kappa shape index (κ2) is 9.23. The predicted octanol–water partition coefficient (Wildman–Crippen LogP) is 2.23. The largest absolute Gasteiger partial charge is 0.501 e. The van der Waals surface area contributed by atoms with Crippen molar-refractivity contribution in [2.75, 3.05) is 25.2 Å². The number of aromatic hydroxyl groups is 1. The van der Waals surface area contributed by atoms with Crippen LogP contribution in [0.4, 0.5) is 5.95 Å². The Kier molecular flexibility index (Phi) is 6.23. The number of carbonyl (C=O) groups is 1. The van der Waals surface area contributed by atoms with Gasteiger partial charge in [-0.2, -0.15) is 0 Å². The number of nitrogens with one attached hydrogen (secondary N) is 1. The van der Waals surface area contributed by atoms with E-state index < -0.39 is 17.2 Å². The second-order valence-electron chi connectivity index (χ2n) is 7.84. The van der Waals surface area contributed by atoms with Crippen LogP contribution in [0.25, 0.3) is 0 Å². The van der Waals surface area contributed by atoms with Gasteiger partial charge in [-0.15, -0.1) is 0 Å². The first-order valence-electron chi connectivity index (χ1n) is 10.5. The first-order chi connectivity index (χ1) is 15.5. The normalized spacial score (nSPS) is 15.7. The minimum absolute atomic E-state index is 0.171. The van der Waals surface area contributed by atoms with Crippen LogP contribution in [-0.4, -0.2) is 46.9 Å². The molecule has 32 heavy (non-hydrogen) atoms. The second-order valence-corrected chi connectivity index (χ2v) is 7.84. The number of anilines is 1. The number of ether oxygens (including phenoxy) is 1. The third-order valence-corrected chi connectivity index (χ3v) is 5.66. The summed E-state index contributed by atoms with van der Waals surface area (Å²) in [4.78, 5) is 31.9. The highest BCUT2D eigenvalue weighted by molar-refractivity contribution is 5.95. The summed E-state index contributed by atoms with van der Waals surface area (Å²) in [5.41, 5.74) is 1.02. The molecule has 8 nitrogen and oxygen atoms in total. The van der Waals surface area contributed by atoms with Gasteiger partial charge < -0.3 is 20.1 Å². The Labute approximate surface area is 186 Å². The van der Waals surface area contributed by atoms with Crippen LogP contribution >= 0.6 is 0 Å². The van der Waals surface area contributed by atoms with Crippen molar-refractivity contribution in [3.63, 3.8) is 0 Å². The molecule has 166 valence electrons. The highest BCUT2D eigenvalue weighted by Gasteiger charge is 2.28. The predicted molar refractivity (Wildman–Crippen MR) is 121 cm³/mol. The lowest BCUT2D eigenvalue weighted by molar-refractivity contribution is 0.0921. The van der Waals surface area contributed by atoms with Crippen molar-refractivity contribution in [1.82, 2.24) is 14.9 Å². The third kappa shape index (κ3) is 4.22. The number of benzene rings is 2. The first-order valence-corrected chi connectivity index (χ1v) is 10.5. The molecule has 1 atom stereocenters. The third-order valence-electron chi connectivity index (χ3n) is 5.66. The summed E-state index contributed by atoms with van der Waals surface area (Å²) in [6.07, 6.45) is 0.675. The minimum atomic E-state index is -0.686. The zero-order valence-electron chi connectivity index (χ0n) is 18.1. The van der Waals surface area contributed by atoms with Crippen LogP contribution < -0.4 is 15.8 Å². The van der Waals surface area contributed by atoms with Crippen molar-refractivity contribution in [1.29, 1.82) is 0 Å². The van der Waals surface area contributed by atoms with Crippen molar-refractivity contribution in [3.05, 3.63) is 87.8 Å². The van der Waals surface area contributed by atoms with Crippen molar-refractivity contribution in [2.24, 2.45) is 7.05 Å². The maximum atomic E-state index is 12.8. The lowest BCUT2D eigenvalue weighted by Gasteiger charge is -2.31. The van der Waals surface area contributed by atoms with Crippen LogP contribution in [0.15, 0.2) is 65.5 Å². The van der Waals surface area contributed by atoms with Crippen molar-refractivity contribution in [3.8, 4) is 5.75 Å². The van der Waals surface area contributed by atoms with Crippen LogP contribution in [-0.2, 0) is 11.8 Å². The molecule has 1 amide bonds. The lowest BCUT2D eigenvalue weighted by atomic mass is 9.97. The van der Waals surface area contributed by atoms with Gasteiger partial charge in [0.1, 0.15) is 0 Å². The summed E-state index contributed by atoms with van der Waals surface area (Å²) in [6.45, 7) is 0.957.